The van der Waals surface area contributed by atoms with Crippen LogP contribution in [0.1, 0.15) is 47.0 Å². The summed E-state index contributed by atoms with van der Waals surface area (Å²) in [5, 5.41) is 9.52. The Labute approximate surface area is 88.7 Å². The van der Waals surface area contributed by atoms with Crippen LogP contribution in [0.5, 0.6) is 0 Å². The summed E-state index contributed by atoms with van der Waals surface area (Å²) in [5.74, 6) is 1.09. The Balaban J connectivity index is 3.13. The first-order chi connectivity index (χ1) is 6.54. The van der Waals surface area contributed by atoms with Crippen molar-refractivity contribution in [1.29, 1.82) is 0 Å². The van der Waals surface area contributed by atoms with E-state index in [0.29, 0.717) is 5.92 Å². The average Bonchev–Trinajstić information content (AvgIpc) is 2.09. The van der Waals surface area contributed by atoms with Gasteiger partial charge in [0.05, 0.1) is 6.10 Å². The Bertz CT molecular complexity index is 121. The van der Waals surface area contributed by atoms with Gasteiger partial charge in [0, 0.05) is 13.2 Å². The Morgan fingerprint density at radius 3 is 2.14 bits per heavy atom. The van der Waals surface area contributed by atoms with Gasteiger partial charge in [-0.25, -0.2) is 0 Å². The molecule has 0 aliphatic heterocycles. The molecule has 2 heteroatoms. The molecule has 0 aliphatic rings. The normalized spacial score (nSPS) is 13.9. The van der Waals surface area contributed by atoms with Crippen molar-refractivity contribution in [2.75, 3.05) is 13.2 Å². The molecule has 2 nitrogen and oxygen atoms in total. The molecule has 1 unspecified atom stereocenters. The van der Waals surface area contributed by atoms with Gasteiger partial charge < -0.3 is 9.84 Å². The molecule has 0 saturated carbocycles. The summed E-state index contributed by atoms with van der Waals surface area (Å²) in [6.07, 6.45) is 2.80. The molecule has 1 N–H and O–H groups in total. The van der Waals surface area contributed by atoms with Gasteiger partial charge >= 0.3 is 0 Å². The van der Waals surface area contributed by atoms with E-state index < -0.39 is 0 Å². The minimum Gasteiger partial charge on any atom is -0.393 e. The summed E-state index contributed by atoms with van der Waals surface area (Å²) in [6.45, 7) is 10.1. The van der Waals surface area contributed by atoms with Crippen molar-refractivity contribution in [3.05, 3.63) is 0 Å². The summed E-state index contributed by atoms with van der Waals surface area (Å²) in [7, 11) is 0. The predicted octanol–water partition coefficient (Wildman–Crippen LogP) is 2.85. The second kappa shape index (κ2) is 8.25. The van der Waals surface area contributed by atoms with Gasteiger partial charge in [-0.1, -0.05) is 27.7 Å². The molecular weight excluding hydrogens is 176 g/mol. The van der Waals surface area contributed by atoms with Crippen LogP contribution in [-0.4, -0.2) is 24.4 Å². The lowest BCUT2D eigenvalue weighted by Crippen LogP contribution is -2.15. The van der Waals surface area contributed by atoms with E-state index in [1.54, 1.807) is 0 Å². The van der Waals surface area contributed by atoms with E-state index in [9.17, 15) is 5.11 Å². The summed E-state index contributed by atoms with van der Waals surface area (Å²) < 4.78 is 5.46. The SMILES string of the molecule is CC(C)CCOCCCC(O)C(C)C. The average molecular weight is 202 g/mol. The zero-order chi connectivity index (χ0) is 11.0. The van der Waals surface area contributed by atoms with Crippen molar-refractivity contribution in [1.82, 2.24) is 0 Å². The largest absolute Gasteiger partial charge is 0.393 e. The molecule has 0 rings (SSSR count). The third-order valence-electron chi connectivity index (χ3n) is 2.40. The molecule has 0 aromatic rings. The maximum atomic E-state index is 9.52. The predicted molar refractivity (Wildman–Crippen MR) is 60.4 cm³/mol. The van der Waals surface area contributed by atoms with Crippen molar-refractivity contribution >= 4 is 0 Å². The van der Waals surface area contributed by atoms with Crippen molar-refractivity contribution in [2.45, 2.75) is 53.1 Å². The Hall–Kier alpha value is -0.0800. The van der Waals surface area contributed by atoms with E-state index in [2.05, 4.69) is 13.8 Å². The number of rotatable bonds is 8. The Kier molecular flexibility index (Phi) is 8.20. The summed E-state index contributed by atoms with van der Waals surface area (Å²) in [5.41, 5.74) is 0. The molecule has 0 aromatic carbocycles. The molecule has 0 fully saturated rings. The minimum absolute atomic E-state index is 0.163. The molecule has 86 valence electrons. The van der Waals surface area contributed by atoms with E-state index in [-0.39, 0.29) is 6.10 Å². The van der Waals surface area contributed by atoms with Gasteiger partial charge in [-0.05, 0) is 31.1 Å². The van der Waals surface area contributed by atoms with Gasteiger partial charge in [-0.3, -0.25) is 0 Å². The quantitative estimate of drug-likeness (QED) is 0.613. The lowest BCUT2D eigenvalue weighted by Gasteiger charge is -2.14. The van der Waals surface area contributed by atoms with Crippen LogP contribution in [0.2, 0.25) is 0 Å². The highest BCUT2D eigenvalue weighted by molar-refractivity contribution is 4.59. The maximum absolute atomic E-state index is 9.52. The molecule has 0 bridgehead atoms. The van der Waals surface area contributed by atoms with Crippen LogP contribution in [-0.2, 0) is 4.74 Å². The summed E-state index contributed by atoms with van der Waals surface area (Å²) >= 11 is 0. The van der Waals surface area contributed by atoms with Gasteiger partial charge in [0.2, 0.25) is 0 Å². The zero-order valence-electron chi connectivity index (χ0n) is 10.1. The monoisotopic (exact) mass is 202 g/mol. The third kappa shape index (κ3) is 8.52. The van der Waals surface area contributed by atoms with Gasteiger partial charge in [-0.15, -0.1) is 0 Å². The molecule has 0 amide bonds. The third-order valence-corrected chi connectivity index (χ3v) is 2.40. The summed E-state index contributed by atoms with van der Waals surface area (Å²) in [6, 6.07) is 0. The van der Waals surface area contributed by atoms with Crippen molar-refractivity contribution in [3.8, 4) is 0 Å². The second-order valence-corrected chi connectivity index (χ2v) is 4.75. The molecule has 0 aromatic heterocycles. The number of hydrogen-bond donors (Lipinski definition) is 1. The standard InChI is InChI=1S/C12H26O2/c1-10(2)7-9-14-8-5-6-12(13)11(3)4/h10-13H,5-9H2,1-4H3. The fourth-order valence-electron chi connectivity index (χ4n) is 1.15. The van der Waals surface area contributed by atoms with Gasteiger partial charge in [0.15, 0.2) is 0 Å². The molecular formula is C12H26O2. The number of hydrogen-bond acceptors (Lipinski definition) is 2. The van der Waals surface area contributed by atoms with Crippen molar-refractivity contribution in [2.24, 2.45) is 11.8 Å². The molecule has 14 heavy (non-hydrogen) atoms. The number of ether oxygens (including phenoxy) is 1. The highest BCUT2D eigenvalue weighted by Gasteiger charge is 2.07. The van der Waals surface area contributed by atoms with E-state index in [1.165, 1.54) is 0 Å². The topological polar surface area (TPSA) is 29.5 Å². The molecule has 1 atom stereocenters. The highest BCUT2D eigenvalue weighted by atomic mass is 16.5. The van der Waals surface area contributed by atoms with E-state index >= 15 is 0 Å². The molecule has 0 saturated heterocycles. The van der Waals surface area contributed by atoms with Crippen LogP contribution in [0, 0.1) is 11.8 Å². The lowest BCUT2D eigenvalue weighted by molar-refractivity contribution is 0.0820. The molecule has 0 spiro atoms. The van der Waals surface area contributed by atoms with Crippen molar-refractivity contribution in [3.63, 3.8) is 0 Å². The Morgan fingerprint density at radius 2 is 1.64 bits per heavy atom. The van der Waals surface area contributed by atoms with Gasteiger partial charge in [0.1, 0.15) is 0 Å². The molecule has 0 radical (unpaired) electrons. The Morgan fingerprint density at radius 1 is 1.00 bits per heavy atom. The van der Waals surface area contributed by atoms with Crippen LogP contribution < -0.4 is 0 Å². The van der Waals surface area contributed by atoms with Gasteiger partial charge in [-0.2, -0.15) is 0 Å². The van der Waals surface area contributed by atoms with Crippen molar-refractivity contribution < 1.29 is 9.84 Å². The number of aliphatic hydroxyl groups is 1. The maximum Gasteiger partial charge on any atom is 0.0564 e. The first-order valence-electron chi connectivity index (χ1n) is 5.79. The van der Waals surface area contributed by atoms with Crippen LogP contribution >= 0.6 is 0 Å². The summed E-state index contributed by atoms with van der Waals surface area (Å²) in [4.78, 5) is 0. The smallest absolute Gasteiger partial charge is 0.0564 e. The van der Waals surface area contributed by atoms with E-state index in [1.807, 2.05) is 13.8 Å². The highest BCUT2D eigenvalue weighted by Crippen LogP contribution is 2.08. The molecule has 0 heterocycles. The lowest BCUT2D eigenvalue weighted by atomic mass is 10.0. The first-order valence-corrected chi connectivity index (χ1v) is 5.79. The minimum atomic E-state index is -0.163. The van der Waals surface area contributed by atoms with Crippen LogP contribution in [0.4, 0.5) is 0 Å². The fourth-order valence-corrected chi connectivity index (χ4v) is 1.15. The van der Waals surface area contributed by atoms with Gasteiger partial charge in [0.25, 0.3) is 0 Å². The van der Waals surface area contributed by atoms with Crippen LogP contribution in [0.15, 0.2) is 0 Å². The van der Waals surface area contributed by atoms with E-state index in [4.69, 9.17) is 4.74 Å². The number of aliphatic hydroxyl groups excluding tert-OH is 1. The molecule has 0 aliphatic carbocycles. The van der Waals surface area contributed by atoms with E-state index in [0.717, 1.165) is 38.4 Å². The van der Waals surface area contributed by atoms with Crippen LogP contribution in [0.3, 0.4) is 0 Å². The van der Waals surface area contributed by atoms with Crippen LogP contribution in [0.25, 0.3) is 0 Å². The second-order valence-electron chi connectivity index (χ2n) is 4.75. The zero-order valence-corrected chi connectivity index (χ0v) is 10.1. The first kappa shape index (κ1) is 13.9. The fraction of sp³-hybridized carbons (Fsp3) is 1.00.